The molecule has 2 heterocycles. The number of carbonyl (C=O) groups excluding carboxylic acids is 1. The van der Waals surface area contributed by atoms with Crippen molar-refractivity contribution in [2.24, 2.45) is 5.92 Å². The summed E-state index contributed by atoms with van der Waals surface area (Å²) in [5.74, 6) is -0.758. The zero-order valence-corrected chi connectivity index (χ0v) is 26.4. The van der Waals surface area contributed by atoms with Crippen LogP contribution in [0.4, 0.5) is 29.3 Å². The van der Waals surface area contributed by atoms with E-state index in [4.69, 9.17) is 14.6 Å². The minimum Gasteiger partial charge on any atom is -0.489 e. The molecule has 2 aromatic rings. The molecule has 0 fully saturated rings. The second kappa shape index (κ2) is 15.1. The maximum Gasteiger partial charge on any atom is 0.427 e. The largest absolute Gasteiger partial charge is 0.489 e. The Kier molecular flexibility index (Phi) is 13.1. The molecular formula is C27H36F3N3O8S2. The van der Waals surface area contributed by atoms with Crippen molar-refractivity contribution in [2.45, 2.75) is 77.8 Å². The van der Waals surface area contributed by atoms with E-state index in [1.165, 1.54) is 18.2 Å². The number of carbonyl (C=O) groups is 2. The Bertz CT molecular complexity index is 1390. The van der Waals surface area contributed by atoms with E-state index in [1.807, 2.05) is 6.92 Å². The van der Waals surface area contributed by atoms with Crippen LogP contribution in [-0.4, -0.2) is 61.6 Å². The third-order valence-corrected chi connectivity index (χ3v) is 8.29. The van der Waals surface area contributed by atoms with Gasteiger partial charge in [-0.3, -0.25) is 14.4 Å². The molecule has 2 N–H and O–H groups in total. The number of anilines is 2. The van der Waals surface area contributed by atoms with Gasteiger partial charge in [-0.15, -0.1) is 12.8 Å². The molecule has 0 saturated carbocycles. The number of aliphatic carboxylic acids is 1. The highest BCUT2D eigenvalue weighted by Crippen LogP contribution is 2.41. The fourth-order valence-electron chi connectivity index (χ4n) is 2.99. The number of aromatic nitrogens is 1. The third kappa shape index (κ3) is 9.92. The number of alkyl halides is 3. The van der Waals surface area contributed by atoms with Crippen molar-refractivity contribution in [2.75, 3.05) is 22.8 Å². The van der Waals surface area contributed by atoms with Gasteiger partial charge in [-0.2, -0.15) is 21.6 Å². The van der Waals surface area contributed by atoms with Gasteiger partial charge in [0.05, 0.1) is 29.3 Å². The quantitative estimate of drug-likeness (QED) is 0.331. The summed E-state index contributed by atoms with van der Waals surface area (Å²) in [6.45, 7) is 10.1. The molecule has 11 nitrogen and oxygen atoms in total. The van der Waals surface area contributed by atoms with Crippen molar-refractivity contribution in [3.63, 3.8) is 0 Å². The van der Waals surface area contributed by atoms with E-state index < -0.39 is 33.9 Å². The van der Waals surface area contributed by atoms with Gasteiger partial charge in [-0.25, -0.2) is 9.78 Å². The highest BCUT2D eigenvalue weighted by molar-refractivity contribution is 7.93. The number of nitrogens with zero attached hydrogens (tertiary/aromatic N) is 2. The lowest BCUT2D eigenvalue weighted by atomic mass is 10.1. The molecule has 0 spiro atoms. The van der Waals surface area contributed by atoms with Crippen molar-refractivity contribution in [1.29, 1.82) is 0 Å². The van der Waals surface area contributed by atoms with Gasteiger partial charge in [0.2, 0.25) is 15.7 Å². The van der Waals surface area contributed by atoms with Gasteiger partial charge in [0.1, 0.15) is 12.4 Å². The number of amides is 1. The monoisotopic (exact) mass is 651 g/mol. The van der Waals surface area contributed by atoms with Crippen LogP contribution in [0.5, 0.6) is 10.8 Å². The van der Waals surface area contributed by atoms with E-state index in [0.717, 1.165) is 29.5 Å². The Hall–Kier alpha value is -3.71. The highest BCUT2D eigenvalue weighted by Gasteiger charge is 2.51. The predicted octanol–water partition coefficient (Wildman–Crippen LogP) is 5.95. The van der Waals surface area contributed by atoms with E-state index in [0.29, 0.717) is 11.4 Å². The van der Waals surface area contributed by atoms with Crippen LogP contribution in [0.25, 0.3) is 0 Å². The van der Waals surface area contributed by atoms with E-state index in [1.54, 1.807) is 27.7 Å². The summed E-state index contributed by atoms with van der Waals surface area (Å²) in [5, 5.41) is 10.7. The van der Waals surface area contributed by atoms with Gasteiger partial charge in [0, 0.05) is 5.69 Å². The zero-order chi connectivity index (χ0) is 33.3. The molecule has 3 rings (SSSR count). The smallest absolute Gasteiger partial charge is 0.427 e. The average molecular weight is 652 g/mol. The van der Waals surface area contributed by atoms with Crippen LogP contribution in [0.3, 0.4) is 0 Å². The fraction of sp³-hybridized carbons (Fsp3) is 0.519. The molecule has 0 bridgehead atoms. The lowest BCUT2D eigenvalue weighted by Crippen LogP contribution is -2.44. The zero-order valence-electron chi connectivity index (χ0n) is 24.8. The summed E-state index contributed by atoms with van der Waals surface area (Å²) < 4.78 is 83.1. The summed E-state index contributed by atoms with van der Waals surface area (Å²) in [6.07, 6.45) is 2.10. The number of sulfonamides is 1. The van der Waals surface area contributed by atoms with Crippen LogP contribution in [0, 0.1) is 18.8 Å². The predicted molar refractivity (Wildman–Crippen MR) is 156 cm³/mol. The van der Waals surface area contributed by atoms with E-state index >= 15 is 0 Å². The molecule has 0 saturated heterocycles. The topological polar surface area (TPSA) is 144 Å². The number of terminal acetylenes is 1. The molecule has 1 amide bonds. The molecule has 240 valence electrons. The Morgan fingerprint density at radius 3 is 2.28 bits per heavy atom. The van der Waals surface area contributed by atoms with E-state index in [-0.39, 0.29) is 52.4 Å². The summed E-state index contributed by atoms with van der Waals surface area (Å²) >= 11 is 1.14. The third-order valence-electron chi connectivity index (χ3n) is 5.34. The van der Waals surface area contributed by atoms with Crippen molar-refractivity contribution in [3.8, 4) is 23.7 Å². The Morgan fingerprint density at radius 1 is 1.21 bits per heavy atom. The Morgan fingerprint density at radius 2 is 1.79 bits per heavy atom. The Balaban J connectivity index is 0.00000103. The minimum atomic E-state index is -4.78. The van der Waals surface area contributed by atoms with Gasteiger partial charge >= 0.3 is 18.2 Å². The van der Waals surface area contributed by atoms with Gasteiger partial charge in [-0.1, -0.05) is 32.1 Å². The number of carboxylic acids is 1. The number of benzene rings is 1. The molecule has 1 aromatic heterocycles. The standard InChI is InChI=1S/C21H26F3N3O6S2.C4H8O2.C2H2/c1-6-16-26-17(18(34-16)32-12(2)3)35(29,30)27-9-10-31-15-8-7-13(11-14(15)27)25-19(28)33-20(4,5)21(22,23)24;1-3(2)4(5)6;1-2/h7-8,11-12H,6,9-10H2,1-5H3,(H,25,28);3H,1-2H3,(H,5,6);1-2H. The van der Waals surface area contributed by atoms with Crippen LogP contribution in [-0.2, 0) is 26.0 Å². The number of nitrogens with one attached hydrogen (secondary N) is 1. The molecule has 16 heteroatoms. The maximum absolute atomic E-state index is 13.6. The summed E-state index contributed by atoms with van der Waals surface area (Å²) in [7, 11) is -4.20. The first-order valence-electron chi connectivity index (χ1n) is 12.9. The molecule has 0 aliphatic carbocycles. The number of thiazole rings is 1. The normalized spacial score (nSPS) is 13.0. The second-order valence-corrected chi connectivity index (χ2v) is 12.7. The molecule has 1 aromatic carbocycles. The van der Waals surface area contributed by atoms with Gasteiger partial charge < -0.3 is 19.3 Å². The van der Waals surface area contributed by atoms with Crippen molar-refractivity contribution >= 4 is 44.8 Å². The van der Waals surface area contributed by atoms with Crippen LogP contribution < -0.4 is 19.1 Å². The number of halogens is 3. The lowest BCUT2D eigenvalue weighted by molar-refractivity contribution is -0.242. The number of carboxylic acid groups (broad SMARTS) is 1. The van der Waals surface area contributed by atoms with Crippen molar-refractivity contribution < 1.29 is 50.5 Å². The van der Waals surface area contributed by atoms with Gasteiger partial charge in [-0.05, 0) is 52.3 Å². The highest BCUT2D eigenvalue weighted by atomic mass is 32.2. The number of hydrogen-bond acceptors (Lipinski definition) is 9. The molecule has 1 aliphatic rings. The SMILES string of the molecule is C#C.CC(C)C(=O)O.CCc1nc(S(=O)(=O)N2CCOc3ccc(NC(=O)OC(C)(C)C(F)(F)F)cc32)c(OC(C)C)s1. The summed E-state index contributed by atoms with van der Waals surface area (Å²) in [6, 6.07) is 4.05. The van der Waals surface area contributed by atoms with Crippen LogP contribution in [0.15, 0.2) is 23.2 Å². The molecule has 0 atom stereocenters. The minimum absolute atomic E-state index is 0.0172. The molecule has 43 heavy (non-hydrogen) atoms. The first-order chi connectivity index (χ1) is 19.8. The van der Waals surface area contributed by atoms with E-state index in [2.05, 4.69) is 27.9 Å². The summed E-state index contributed by atoms with van der Waals surface area (Å²) in [5.41, 5.74) is -2.62. The summed E-state index contributed by atoms with van der Waals surface area (Å²) in [4.78, 5) is 26.1. The number of aryl methyl sites for hydroxylation is 1. The van der Waals surface area contributed by atoms with Crippen LogP contribution >= 0.6 is 11.3 Å². The second-order valence-electron chi connectivity index (χ2n) is 9.84. The van der Waals surface area contributed by atoms with Gasteiger partial charge in [0.15, 0.2) is 0 Å². The van der Waals surface area contributed by atoms with Crippen LogP contribution in [0.1, 0.15) is 53.5 Å². The molecular weight excluding hydrogens is 615 g/mol. The van der Waals surface area contributed by atoms with Crippen molar-refractivity contribution in [3.05, 3.63) is 23.2 Å². The average Bonchev–Trinajstić information content (AvgIpc) is 3.31. The lowest BCUT2D eigenvalue weighted by Gasteiger charge is -2.30. The molecule has 0 unspecified atom stereocenters. The first-order valence-corrected chi connectivity index (χ1v) is 15.1. The van der Waals surface area contributed by atoms with E-state index in [9.17, 15) is 31.2 Å². The van der Waals surface area contributed by atoms with Gasteiger partial charge in [0.25, 0.3) is 10.0 Å². The number of hydrogen-bond donors (Lipinski definition) is 2. The Labute approximate surface area is 253 Å². The maximum atomic E-state index is 13.6. The molecule has 1 aliphatic heterocycles. The number of ether oxygens (including phenoxy) is 3. The fourth-order valence-corrected chi connectivity index (χ4v) is 5.77. The molecule has 0 radical (unpaired) electrons. The van der Waals surface area contributed by atoms with Crippen LogP contribution in [0.2, 0.25) is 0 Å². The van der Waals surface area contributed by atoms with Crippen molar-refractivity contribution in [1.82, 2.24) is 4.98 Å². The number of rotatable bonds is 8. The number of fused-ring (bicyclic) bond motifs is 1. The first kappa shape index (κ1) is 37.3.